The van der Waals surface area contributed by atoms with E-state index in [9.17, 15) is 4.79 Å². The Balaban J connectivity index is 1.92. The fourth-order valence-corrected chi connectivity index (χ4v) is 1.89. The standard InChI is InChI=1S/C14H27NO4/c1-14(2,3)19-13(16)6-9-17-10-11-18-12-4-7-15-8-5-12/h12,15H,4-11H2,1-3H3. The van der Waals surface area contributed by atoms with Crippen LogP contribution in [0.3, 0.4) is 0 Å². The van der Waals surface area contributed by atoms with Gasteiger partial charge in [-0.2, -0.15) is 0 Å². The Kier molecular flexibility index (Phi) is 7.34. The van der Waals surface area contributed by atoms with Crippen LogP contribution < -0.4 is 5.32 Å². The molecule has 0 radical (unpaired) electrons. The van der Waals surface area contributed by atoms with Crippen LogP contribution in [0.5, 0.6) is 0 Å². The van der Waals surface area contributed by atoms with E-state index in [1.54, 1.807) is 0 Å². The molecule has 112 valence electrons. The van der Waals surface area contributed by atoms with Gasteiger partial charge in [-0.3, -0.25) is 4.79 Å². The van der Waals surface area contributed by atoms with Crippen molar-refractivity contribution in [3.05, 3.63) is 0 Å². The second kappa shape index (κ2) is 8.51. The van der Waals surface area contributed by atoms with E-state index in [4.69, 9.17) is 14.2 Å². The SMILES string of the molecule is CC(C)(C)OC(=O)CCOCCOC1CCNCC1. The van der Waals surface area contributed by atoms with E-state index in [0.717, 1.165) is 25.9 Å². The largest absolute Gasteiger partial charge is 0.460 e. The molecule has 1 heterocycles. The Labute approximate surface area is 116 Å². The summed E-state index contributed by atoms with van der Waals surface area (Å²) in [5.41, 5.74) is -0.421. The predicted octanol–water partition coefficient (Wildman–Crippen LogP) is 1.50. The van der Waals surface area contributed by atoms with Gasteiger partial charge in [0.15, 0.2) is 0 Å². The average molecular weight is 273 g/mol. The summed E-state index contributed by atoms with van der Waals surface area (Å²) in [7, 11) is 0. The van der Waals surface area contributed by atoms with Gasteiger partial charge in [-0.25, -0.2) is 0 Å². The van der Waals surface area contributed by atoms with Gasteiger partial charge < -0.3 is 19.5 Å². The molecule has 0 amide bonds. The lowest BCUT2D eigenvalue weighted by Crippen LogP contribution is -2.33. The molecule has 1 fully saturated rings. The van der Waals surface area contributed by atoms with Crippen molar-refractivity contribution in [3.8, 4) is 0 Å². The van der Waals surface area contributed by atoms with Crippen LogP contribution in [0.1, 0.15) is 40.0 Å². The first-order valence-corrected chi connectivity index (χ1v) is 7.09. The molecule has 1 rings (SSSR count). The third kappa shape index (κ3) is 8.97. The molecule has 0 saturated carbocycles. The summed E-state index contributed by atoms with van der Waals surface area (Å²) in [6.07, 6.45) is 2.79. The Morgan fingerprint density at radius 3 is 2.47 bits per heavy atom. The average Bonchev–Trinajstić information content (AvgIpc) is 2.32. The maximum absolute atomic E-state index is 11.4. The maximum atomic E-state index is 11.4. The van der Waals surface area contributed by atoms with Crippen LogP contribution >= 0.6 is 0 Å². The van der Waals surface area contributed by atoms with Gasteiger partial charge in [-0.05, 0) is 46.7 Å². The number of esters is 1. The number of ether oxygens (including phenoxy) is 3. The van der Waals surface area contributed by atoms with E-state index in [0.29, 0.717) is 32.3 Å². The topological polar surface area (TPSA) is 56.8 Å². The summed E-state index contributed by atoms with van der Waals surface area (Å²) in [6, 6.07) is 0. The van der Waals surface area contributed by atoms with Crippen LogP contribution in [-0.4, -0.2) is 50.6 Å². The van der Waals surface area contributed by atoms with Gasteiger partial charge in [0.25, 0.3) is 0 Å². The predicted molar refractivity (Wildman–Crippen MR) is 73.1 cm³/mol. The van der Waals surface area contributed by atoms with Crippen LogP contribution in [0, 0.1) is 0 Å². The Morgan fingerprint density at radius 1 is 1.16 bits per heavy atom. The molecule has 0 aromatic heterocycles. The molecule has 5 nitrogen and oxygen atoms in total. The first-order valence-electron chi connectivity index (χ1n) is 7.09. The Hall–Kier alpha value is -0.650. The third-order valence-corrected chi connectivity index (χ3v) is 2.74. The number of piperidine rings is 1. The molecule has 1 N–H and O–H groups in total. The lowest BCUT2D eigenvalue weighted by molar-refractivity contribution is -0.156. The molecule has 1 saturated heterocycles. The van der Waals surface area contributed by atoms with Gasteiger partial charge in [0.2, 0.25) is 0 Å². The zero-order valence-corrected chi connectivity index (χ0v) is 12.4. The van der Waals surface area contributed by atoms with E-state index >= 15 is 0 Å². The van der Waals surface area contributed by atoms with E-state index in [-0.39, 0.29) is 5.97 Å². The lowest BCUT2D eigenvalue weighted by atomic mass is 10.1. The van der Waals surface area contributed by atoms with Crippen LogP contribution in [-0.2, 0) is 19.0 Å². The number of rotatable bonds is 7. The van der Waals surface area contributed by atoms with Crippen molar-refractivity contribution in [1.82, 2.24) is 5.32 Å². The van der Waals surface area contributed by atoms with Crippen molar-refractivity contribution in [2.75, 3.05) is 32.9 Å². The first-order chi connectivity index (χ1) is 8.97. The van der Waals surface area contributed by atoms with Crippen molar-refractivity contribution in [2.45, 2.75) is 51.7 Å². The fourth-order valence-electron chi connectivity index (χ4n) is 1.89. The van der Waals surface area contributed by atoms with Crippen LogP contribution in [0.25, 0.3) is 0 Å². The van der Waals surface area contributed by atoms with Gasteiger partial charge >= 0.3 is 5.97 Å². The minimum atomic E-state index is -0.421. The number of carbonyl (C=O) groups is 1. The van der Waals surface area contributed by atoms with E-state index in [1.807, 2.05) is 20.8 Å². The second-order valence-corrected chi connectivity index (χ2v) is 5.77. The van der Waals surface area contributed by atoms with Crippen LogP contribution in [0.2, 0.25) is 0 Å². The Bertz CT molecular complexity index is 257. The monoisotopic (exact) mass is 273 g/mol. The minimum Gasteiger partial charge on any atom is -0.460 e. The molecule has 0 aromatic carbocycles. The molecular weight excluding hydrogens is 246 g/mol. The molecule has 0 aliphatic carbocycles. The smallest absolute Gasteiger partial charge is 0.308 e. The van der Waals surface area contributed by atoms with E-state index in [2.05, 4.69) is 5.32 Å². The summed E-state index contributed by atoms with van der Waals surface area (Å²) >= 11 is 0. The summed E-state index contributed by atoms with van der Waals surface area (Å²) < 4.78 is 16.2. The van der Waals surface area contributed by atoms with Gasteiger partial charge in [0, 0.05) is 0 Å². The molecule has 19 heavy (non-hydrogen) atoms. The minimum absolute atomic E-state index is 0.216. The van der Waals surface area contributed by atoms with Crippen LogP contribution in [0.15, 0.2) is 0 Å². The van der Waals surface area contributed by atoms with Crippen molar-refractivity contribution in [3.63, 3.8) is 0 Å². The first kappa shape index (κ1) is 16.4. The number of hydrogen-bond acceptors (Lipinski definition) is 5. The van der Waals surface area contributed by atoms with Crippen molar-refractivity contribution in [1.29, 1.82) is 0 Å². The molecule has 0 unspecified atom stereocenters. The Morgan fingerprint density at radius 2 is 1.84 bits per heavy atom. The molecule has 1 aliphatic rings. The summed E-state index contributed by atoms with van der Waals surface area (Å²) in [5.74, 6) is -0.216. The third-order valence-electron chi connectivity index (χ3n) is 2.74. The van der Waals surface area contributed by atoms with Gasteiger partial charge in [-0.15, -0.1) is 0 Å². The van der Waals surface area contributed by atoms with E-state index in [1.165, 1.54) is 0 Å². The highest BCUT2D eigenvalue weighted by Crippen LogP contribution is 2.08. The highest BCUT2D eigenvalue weighted by molar-refractivity contribution is 5.69. The zero-order chi connectivity index (χ0) is 14.1. The quantitative estimate of drug-likeness (QED) is 0.563. The van der Waals surface area contributed by atoms with Crippen molar-refractivity contribution < 1.29 is 19.0 Å². The number of hydrogen-bond donors (Lipinski definition) is 1. The van der Waals surface area contributed by atoms with Gasteiger partial charge in [-0.1, -0.05) is 0 Å². The highest BCUT2D eigenvalue weighted by atomic mass is 16.6. The molecule has 0 aromatic rings. The molecule has 0 bridgehead atoms. The van der Waals surface area contributed by atoms with Gasteiger partial charge in [0.05, 0.1) is 32.3 Å². The number of nitrogens with one attached hydrogen (secondary N) is 1. The zero-order valence-electron chi connectivity index (χ0n) is 12.4. The summed E-state index contributed by atoms with van der Waals surface area (Å²) in [4.78, 5) is 11.4. The van der Waals surface area contributed by atoms with Crippen molar-refractivity contribution >= 4 is 5.97 Å². The van der Waals surface area contributed by atoms with Gasteiger partial charge in [0.1, 0.15) is 5.60 Å². The molecule has 1 aliphatic heterocycles. The summed E-state index contributed by atoms with van der Waals surface area (Å²) in [6.45, 7) is 9.17. The highest BCUT2D eigenvalue weighted by Gasteiger charge is 2.16. The van der Waals surface area contributed by atoms with Crippen LogP contribution in [0.4, 0.5) is 0 Å². The van der Waals surface area contributed by atoms with Crippen molar-refractivity contribution in [2.24, 2.45) is 0 Å². The lowest BCUT2D eigenvalue weighted by Gasteiger charge is -2.22. The molecule has 0 atom stereocenters. The normalized spacial score (nSPS) is 17.4. The molecular formula is C14H27NO4. The molecule has 5 heteroatoms. The second-order valence-electron chi connectivity index (χ2n) is 5.77. The van der Waals surface area contributed by atoms with E-state index < -0.39 is 5.60 Å². The maximum Gasteiger partial charge on any atom is 0.308 e. The fraction of sp³-hybridized carbons (Fsp3) is 0.929. The summed E-state index contributed by atoms with van der Waals surface area (Å²) in [5, 5.41) is 3.29. The number of carbonyl (C=O) groups excluding carboxylic acids is 1. The molecule has 0 spiro atoms.